The fourth-order valence-corrected chi connectivity index (χ4v) is 3.80. The van der Waals surface area contributed by atoms with Crippen LogP contribution in [0.4, 0.5) is 0 Å². The number of carbonyl (C=O) groups excluding carboxylic acids is 1. The Morgan fingerprint density at radius 3 is 2.68 bits per heavy atom. The van der Waals surface area contributed by atoms with Gasteiger partial charge in [-0.15, -0.1) is 0 Å². The quantitative estimate of drug-likeness (QED) is 0.726. The Labute approximate surface area is 148 Å². The number of nitrogens with zero attached hydrogens (tertiary/aromatic N) is 1. The third kappa shape index (κ3) is 2.76. The monoisotopic (exact) mass is 335 g/mol. The number of aromatic amines is 1. The van der Waals surface area contributed by atoms with E-state index in [2.05, 4.69) is 60.8 Å². The van der Waals surface area contributed by atoms with Gasteiger partial charge in [-0.05, 0) is 69.9 Å². The van der Waals surface area contributed by atoms with Crippen LogP contribution in [-0.2, 0) is 6.54 Å². The van der Waals surface area contributed by atoms with E-state index < -0.39 is 0 Å². The van der Waals surface area contributed by atoms with Crippen LogP contribution in [0, 0.1) is 27.7 Å². The fraction of sp³-hybridized carbons (Fsp3) is 0.381. The summed E-state index contributed by atoms with van der Waals surface area (Å²) in [6, 6.07) is 8.96. The second kappa shape index (κ2) is 5.80. The number of H-pyrrole nitrogens is 1. The van der Waals surface area contributed by atoms with E-state index in [-0.39, 0.29) is 5.91 Å². The molecule has 4 nitrogen and oxygen atoms in total. The highest BCUT2D eigenvalue weighted by Gasteiger charge is 2.28. The van der Waals surface area contributed by atoms with E-state index >= 15 is 0 Å². The average Bonchev–Trinajstić information content (AvgIpc) is 3.32. The molecule has 0 radical (unpaired) electrons. The van der Waals surface area contributed by atoms with Crippen LogP contribution in [0.15, 0.2) is 24.3 Å². The molecule has 4 rings (SSSR count). The first kappa shape index (κ1) is 16.0. The van der Waals surface area contributed by atoms with Crippen molar-refractivity contribution < 1.29 is 4.79 Å². The first-order valence-corrected chi connectivity index (χ1v) is 9.00. The number of rotatable bonds is 4. The Balaban J connectivity index is 1.52. The summed E-state index contributed by atoms with van der Waals surface area (Å²) in [7, 11) is 0. The molecule has 0 aliphatic heterocycles. The molecule has 3 aromatic rings. The molecule has 130 valence electrons. The molecule has 25 heavy (non-hydrogen) atoms. The Morgan fingerprint density at radius 1 is 1.20 bits per heavy atom. The van der Waals surface area contributed by atoms with Crippen molar-refractivity contribution in [2.24, 2.45) is 0 Å². The summed E-state index contributed by atoms with van der Waals surface area (Å²) in [5, 5.41) is 4.32. The van der Waals surface area contributed by atoms with Crippen LogP contribution in [0.1, 0.15) is 57.5 Å². The van der Waals surface area contributed by atoms with Gasteiger partial charge in [-0.1, -0.05) is 6.07 Å². The van der Waals surface area contributed by atoms with Crippen LogP contribution in [0.2, 0.25) is 0 Å². The minimum Gasteiger partial charge on any atom is -0.358 e. The normalized spacial score (nSPS) is 14.2. The van der Waals surface area contributed by atoms with Gasteiger partial charge < -0.3 is 14.9 Å². The maximum atomic E-state index is 12.7. The van der Waals surface area contributed by atoms with Gasteiger partial charge in [0.1, 0.15) is 0 Å². The maximum absolute atomic E-state index is 12.7. The Kier molecular flexibility index (Phi) is 3.71. The predicted molar refractivity (Wildman–Crippen MR) is 101 cm³/mol. The molecule has 0 unspecified atom stereocenters. The molecule has 2 N–H and O–H groups in total. The number of hydrogen-bond acceptors (Lipinski definition) is 1. The van der Waals surface area contributed by atoms with Gasteiger partial charge in [-0.3, -0.25) is 4.79 Å². The minimum atomic E-state index is 0.0158. The fourth-order valence-electron chi connectivity index (χ4n) is 3.80. The van der Waals surface area contributed by atoms with E-state index in [0.29, 0.717) is 12.6 Å². The van der Waals surface area contributed by atoms with Crippen molar-refractivity contribution in [3.8, 4) is 0 Å². The summed E-state index contributed by atoms with van der Waals surface area (Å²) >= 11 is 0. The topological polar surface area (TPSA) is 49.8 Å². The third-order valence-corrected chi connectivity index (χ3v) is 5.47. The van der Waals surface area contributed by atoms with Gasteiger partial charge in [0.2, 0.25) is 0 Å². The Morgan fingerprint density at radius 2 is 1.96 bits per heavy atom. The van der Waals surface area contributed by atoms with Crippen LogP contribution < -0.4 is 5.32 Å². The molecule has 1 aliphatic carbocycles. The van der Waals surface area contributed by atoms with Gasteiger partial charge in [-0.25, -0.2) is 0 Å². The largest absolute Gasteiger partial charge is 0.358 e. The minimum absolute atomic E-state index is 0.0158. The molecule has 0 atom stereocenters. The van der Waals surface area contributed by atoms with E-state index in [1.54, 1.807) is 0 Å². The predicted octanol–water partition coefficient (Wildman–Crippen LogP) is 4.47. The van der Waals surface area contributed by atoms with Gasteiger partial charge in [-0.2, -0.15) is 0 Å². The molecule has 0 spiro atoms. The zero-order chi connectivity index (χ0) is 17.7. The molecule has 0 bridgehead atoms. The highest BCUT2D eigenvalue weighted by atomic mass is 16.1. The first-order chi connectivity index (χ1) is 12.0. The second-order valence-corrected chi connectivity index (χ2v) is 7.32. The number of hydrogen-bond donors (Lipinski definition) is 2. The SMILES string of the molecule is Cc1[nH]c2ccc(CNC(=O)c3cc(C)n(C4CC4)c3C)cc2c1C. The van der Waals surface area contributed by atoms with Gasteiger partial charge in [0, 0.05) is 40.6 Å². The summed E-state index contributed by atoms with van der Waals surface area (Å²) in [6.45, 7) is 8.91. The number of aryl methyl sites for hydroxylation is 3. The van der Waals surface area contributed by atoms with Crippen LogP contribution in [0.3, 0.4) is 0 Å². The number of fused-ring (bicyclic) bond motifs is 1. The molecular formula is C21H25N3O. The highest BCUT2D eigenvalue weighted by Crippen LogP contribution is 2.38. The second-order valence-electron chi connectivity index (χ2n) is 7.32. The zero-order valence-corrected chi connectivity index (χ0v) is 15.4. The van der Waals surface area contributed by atoms with E-state index in [1.165, 1.54) is 35.2 Å². The van der Waals surface area contributed by atoms with E-state index in [0.717, 1.165) is 22.3 Å². The van der Waals surface area contributed by atoms with Gasteiger partial charge in [0.25, 0.3) is 5.91 Å². The molecule has 4 heteroatoms. The summed E-state index contributed by atoms with van der Waals surface area (Å²) in [5.74, 6) is 0.0158. The van der Waals surface area contributed by atoms with E-state index in [9.17, 15) is 4.79 Å². The van der Waals surface area contributed by atoms with Crippen molar-refractivity contribution >= 4 is 16.8 Å². The van der Waals surface area contributed by atoms with E-state index in [4.69, 9.17) is 0 Å². The van der Waals surface area contributed by atoms with Crippen LogP contribution in [0.25, 0.3) is 10.9 Å². The number of carbonyl (C=O) groups is 1. The third-order valence-electron chi connectivity index (χ3n) is 5.47. The molecule has 1 saturated carbocycles. The smallest absolute Gasteiger partial charge is 0.253 e. The van der Waals surface area contributed by atoms with E-state index in [1.807, 2.05) is 6.07 Å². The highest BCUT2D eigenvalue weighted by molar-refractivity contribution is 5.95. The van der Waals surface area contributed by atoms with Crippen molar-refractivity contribution in [2.75, 3.05) is 0 Å². The van der Waals surface area contributed by atoms with Crippen molar-refractivity contribution in [1.82, 2.24) is 14.9 Å². The van der Waals surface area contributed by atoms with Crippen molar-refractivity contribution in [3.05, 3.63) is 58.0 Å². The average molecular weight is 335 g/mol. The molecule has 0 saturated heterocycles. The number of amides is 1. The van der Waals surface area contributed by atoms with Crippen molar-refractivity contribution in [1.29, 1.82) is 0 Å². The molecule has 1 aromatic carbocycles. The number of benzene rings is 1. The molecular weight excluding hydrogens is 310 g/mol. The van der Waals surface area contributed by atoms with Gasteiger partial charge in [0.15, 0.2) is 0 Å². The number of nitrogens with one attached hydrogen (secondary N) is 2. The van der Waals surface area contributed by atoms with Gasteiger partial charge >= 0.3 is 0 Å². The van der Waals surface area contributed by atoms with Crippen LogP contribution >= 0.6 is 0 Å². The summed E-state index contributed by atoms with van der Waals surface area (Å²) in [6.07, 6.45) is 2.46. The van der Waals surface area contributed by atoms with Crippen LogP contribution in [0.5, 0.6) is 0 Å². The number of aromatic nitrogens is 2. The lowest BCUT2D eigenvalue weighted by Crippen LogP contribution is -2.23. The van der Waals surface area contributed by atoms with Crippen molar-refractivity contribution in [2.45, 2.75) is 53.1 Å². The standard InChI is InChI=1S/C21H25N3O/c1-12-9-19(15(4)24(12)17-6-7-17)21(25)22-11-16-5-8-20-18(10-16)13(2)14(3)23-20/h5,8-10,17,23H,6-7,11H2,1-4H3,(H,22,25). The lowest BCUT2D eigenvalue weighted by Gasteiger charge is -2.08. The summed E-state index contributed by atoms with van der Waals surface area (Å²) < 4.78 is 2.31. The first-order valence-electron chi connectivity index (χ1n) is 9.00. The molecule has 1 amide bonds. The lowest BCUT2D eigenvalue weighted by molar-refractivity contribution is 0.0950. The van der Waals surface area contributed by atoms with Crippen LogP contribution in [-0.4, -0.2) is 15.5 Å². The zero-order valence-electron chi connectivity index (χ0n) is 15.4. The maximum Gasteiger partial charge on any atom is 0.253 e. The molecule has 1 aliphatic rings. The summed E-state index contributed by atoms with van der Waals surface area (Å²) in [5.41, 5.74) is 7.83. The Hall–Kier alpha value is -2.49. The molecule has 2 heterocycles. The summed E-state index contributed by atoms with van der Waals surface area (Å²) in [4.78, 5) is 16.0. The lowest BCUT2D eigenvalue weighted by atomic mass is 10.1. The van der Waals surface area contributed by atoms with Gasteiger partial charge in [0.05, 0.1) is 5.56 Å². The Bertz CT molecular complexity index is 973. The van der Waals surface area contributed by atoms with Crippen molar-refractivity contribution in [3.63, 3.8) is 0 Å². The molecule has 1 fully saturated rings. The molecule has 2 aromatic heterocycles.